The number of ether oxygens (including phenoxy) is 2. The molecule has 1 saturated heterocycles. The number of fused-ring (bicyclic) bond motifs is 1. The Hall–Kier alpha value is -1.85. The average Bonchev–Trinajstić information content (AvgIpc) is 3.11. The topological polar surface area (TPSA) is 72.7 Å². The van der Waals surface area contributed by atoms with Crippen LogP contribution in [0.25, 0.3) is 0 Å². The van der Waals surface area contributed by atoms with Crippen molar-refractivity contribution in [3.63, 3.8) is 0 Å². The summed E-state index contributed by atoms with van der Waals surface area (Å²) in [4.78, 5) is 37.0. The van der Waals surface area contributed by atoms with E-state index in [4.69, 9.17) is 9.47 Å². The first-order valence-electron chi connectivity index (χ1n) is 6.96. The Bertz CT molecular complexity index is 517. The first kappa shape index (κ1) is 15.5. The lowest BCUT2D eigenvalue weighted by atomic mass is 9.94. The van der Waals surface area contributed by atoms with Gasteiger partial charge in [-0.25, -0.2) is 4.79 Å². The zero-order valence-corrected chi connectivity index (χ0v) is 13.0. The van der Waals surface area contributed by atoms with Crippen LogP contribution in [-0.4, -0.2) is 48.0 Å². The molecule has 1 aliphatic carbocycles. The van der Waals surface area contributed by atoms with Crippen molar-refractivity contribution < 1.29 is 23.9 Å². The van der Waals surface area contributed by atoms with Crippen molar-refractivity contribution in [1.82, 2.24) is 4.90 Å². The smallest absolute Gasteiger partial charge is 0.333 e. The Labute approximate surface area is 124 Å². The summed E-state index contributed by atoms with van der Waals surface area (Å²) in [6, 6.07) is -0.342. The van der Waals surface area contributed by atoms with Crippen molar-refractivity contribution in [3.8, 4) is 0 Å². The molecule has 1 fully saturated rings. The van der Waals surface area contributed by atoms with Gasteiger partial charge in [0.1, 0.15) is 6.10 Å². The van der Waals surface area contributed by atoms with E-state index in [0.717, 1.165) is 0 Å². The molecule has 6 nitrogen and oxygen atoms in total. The summed E-state index contributed by atoms with van der Waals surface area (Å²) in [5.74, 6) is -0.877. The first-order valence-corrected chi connectivity index (χ1v) is 6.96. The molecule has 0 N–H and O–H groups in total. The molecule has 2 aliphatic rings. The number of carbonyl (C=O) groups is 3. The molecule has 0 saturated carbocycles. The van der Waals surface area contributed by atoms with Crippen molar-refractivity contribution in [3.05, 3.63) is 11.6 Å². The van der Waals surface area contributed by atoms with Crippen LogP contribution in [0.15, 0.2) is 11.6 Å². The molecule has 0 bridgehead atoms. The second kappa shape index (κ2) is 5.16. The fraction of sp³-hybridized carbons (Fsp3) is 0.667. The monoisotopic (exact) mass is 295 g/mol. The molecule has 1 heterocycles. The van der Waals surface area contributed by atoms with Gasteiger partial charge in [0.25, 0.3) is 0 Å². The number of amides is 1. The van der Waals surface area contributed by atoms with Gasteiger partial charge in [0.05, 0.1) is 24.6 Å². The average molecular weight is 295 g/mol. The van der Waals surface area contributed by atoms with Gasteiger partial charge in [0, 0.05) is 18.9 Å². The Kier molecular flexibility index (Phi) is 3.82. The van der Waals surface area contributed by atoms with Crippen molar-refractivity contribution in [2.45, 2.75) is 52.3 Å². The van der Waals surface area contributed by atoms with E-state index in [0.29, 0.717) is 5.57 Å². The third kappa shape index (κ3) is 2.94. The first-order chi connectivity index (χ1) is 9.66. The molecule has 0 aromatic heterocycles. The van der Waals surface area contributed by atoms with E-state index in [2.05, 4.69) is 0 Å². The number of esters is 2. The minimum absolute atomic E-state index is 0.0934. The molecule has 6 heteroatoms. The molecule has 0 radical (unpaired) electrons. The van der Waals surface area contributed by atoms with Gasteiger partial charge in [-0.05, 0) is 26.8 Å². The summed E-state index contributed by atoms with van der Waals surface area (Å²) in [5.41, 5.74) is -0.174. The van der Waals surface area contributed by atoms with E-state index >= 15 is 0 Å². The maximum absolute atomic E-state index is 12.1. The molecule has 2 rings (SSSR count). The van der Waals surface area contributed by atoms with Crippen LogP contribution in [0.4, 0.5) is 0 Å². The highest BCUT2D eigenvalue weighted by atomic mass is 16.5. The molecule has 0 spiro atoms. The van der Waals surface area contributed by atoms with Gasteiger partial charge in [-0.1, -0.05) is 0 Å². The van der Waals surface area contributed by atoms with Crippen LogP contribution in [0.5, 0.6) is 0 Å². The summed E-state index contributed by atoms with van der Waals surface area (Å²) in [6.45, 7) is 6.76. The minimum Gasteiger partial charge on any atom is -0.466 e. The quantitative estimate of drug-likeness (QED) is 0.562. The molecule has 1 amide bonds. The molecule has 116 valence electrons. The molecule has 3 atom stereocenters. The fourth-order valence-corrected chi connectivity index (χ4v) is 2.59. The van der Waals surface area contributed by atoms with E-state index in [-0.39, 0.29) is 30.4 Å². The zero-order valence-electron chi connectivity index (χ0n) is 13.0. The van der Waals surface area contributed by atoms with E-state index < -0.39 is 17.5 Å². The maximum Gasteiger partial charge on any atom is 0.333 e. The largest absolute Gasteiger partial charge is 0.466 e. The Morgan fingerprint density at radius 2 is 1.90 bits per heavy atom. The molecular weight excluding hydrogens is 274 g/mol. The van der Waals surface area contributed by atoms with E-state index in [1.165, 1.54) is 14.0 Å². The Balaban J connectivity index is 2.18. The van der Waals surface area contributed by atoms with Crippen LogP contribution in [-0.2, 0) is 23.9 Å². The maximum atomic E-state index is 12.1. The second-order valence-corrected chi connectivity index (χ2v) is 6.49. The molecule has 21 heavy (non-hydrogen) atoms. The lowest BCUT2D eigenvalue weighted by Crippen LogP contribution is -2.35. The predicted molar refractivity (Wildman–Crippen MR) is 74.1 cm³/mol. The highest BCUT2D eigenvalue weighted by Gasteiger charge is 2.57. The van der Waals surface area contributed by atoms with Gasteiger partial charge < -0.3 is 14.4 Å². The minimum atomic E-state index is -0.627. The lowest BCUT2D eigenvalue weighted by molar-refractivity contribution is -0.160. The van der Waals surface area contributed by atoms with Gasteiger partial charge in [-0.15, -0.1) is 0 Å². The number of hydrogen-bond acceptors (Lipinski definition) is 5. The summed E-state index contributed by atoms with van der Waals surface area (Å²) in [5, 5.41) is 0. The zero-order chi connectivity index (χ0) is 15.9. The Morgan fingerprint density at radius 3 is 2.38 bits per heavy atom. The molecule has 0 unspecified atom stereocenters. The van der Waals surface area contributed by atoms with Crippen molar-refractivity contribution in [1.29, 1.82) is 0 Å². The Morgan fingerprint density at radius 1 is 1.29 bits per heavy atom. The number of methoxy groups -OCH3 is 1. The molecule has 0 aromatic carbocycles. The number of rotatable bonds is 2. The second-order valence-electron chi connectivity index (χ2n) is 6.49. The van der Waals surface area contributed by atoms with Crippen molar-refractivity contribution in [2.24, 2.45) is 5.41 Å². The van der Waals surface area contributed by atoms with Crippen LogP contribution in [0.2, 0.25) is 0 Å². The van der Waals surface area contributed by atoms with E-state index in [9.17, 15) is 14.4 Å². The fourth-order valence-electron chi connectivity index (χ4n) is 2.59. The highest BCUT2D eigenvalue weighted by Crippen LogP contribution is 2.41. The van der Waals surface area contributed by atoms with Crippen LogP contribution >= 0.6 is 0 Å². The molecule has 1 aliphatic heterocycles. The van der Waals surface area contributed by atoms with Crippen molar-refractivity contribution >= 4 is 17.8 Å². The summed E-state index contributed by atoms with van der Waals surface area (Å²) in [6.07, 6.45) is 1.52. The molecular formula is C15H21NO5. The third-order valence-corrected chi connectivity index (χ3v) is 3.76. The van der Waals surface area contributed by atoms with Gasteiger partial charge in [0.2, 0.25) is 5.91 Å². The third-order valence-electron chi connectivity index (χ3n) is 3.76. The number of nitrogens with zero attached hydrogens (tertiary/aromatic N) is 1. The predicted octanol–water partition coefficient (Wildman–Crippen LogP) is 1.05. The highest BCUT2D eigenvalue weighted by molar-refractivity contribution is 5.90. The van der Waals surface area contributed by atoms with Gasteiger partial charge in [0.15, 0.2) is 0 Å². The van der Waals surface area contributed by atoms with Crippen LogP contribution in [0, 0.1) is 5.41 Å². The summed E-state index contributed by atoms with van der Waals surface area (Å²) < 4.78 is 10.3. The number of carbonyl (C=O) groups excluding carboxylic acids is 3. The standard InChI is InChI=1S/C15H21NO5/c1-8(17)16-10-6-9(13(18)20-5)7-11(12(10)16)21-14(19)15(2,3)4/h6,10-12H,7H2,1-5H3/t10-,11-,12-,16?/m1/s1. The summed E-state index contributed by atoms with van der Waals surface area (Å²) >= 11 is 0. The van der Waals surface area contributed by atoms with Gasteiger partial charge in [-0.2, -0.15) is 0 Å². The summed E-state index contributed by atoms with van der Waals surface area (Å²) in [7, 11) is 1.31. The number of hydrogen-bond donors (Lipinski definition) is 0. The van der Waals surface area contributed by atoms with Crippen LogP contribution < -0.4 is 0 Å². The SMILES string of the molecule is COC(=O)C1=C[C@@H]2[C@H]([C@H](OC(=O)C(C)(C)C)C1)N2C(C)=O. The van der Waals surface area contributed by atoms with Gasteiger partial charge in [-0.3, -0.25) is 9.59 Å². The van der Waals surface area contributed by atoms with E-state index in [1.54, 1.807) is 31.7 Å². The van der Waals surface area contributed by atoms with Crippen LogP contribution in [0.3, 0.4) is 0 Å². The lowest BCUT2D eigenvalue weighted by Gasteiger charge is -2.25. The van der Waals surface area contributed by atoms with Crippen molar-refractivity contribution in [2.75, 3.05) is 7.11 Å². The van der Waals surface area contributed by atoms with E-state index in [1.807, 2.05) is 0 Å². The normalized spacial score (nSPS) is 27.4. The van der Waals surface area contributed by atoms with Crippen LogP contribution in [0.1, 0.15) is 34.1 Å². The van der Waals surface area contributed by atoms with Gasteiger partial charge >= 0.3 is 11.9 Å². The molecule has 0 aromatic rings.